The van der Waals surface area contributed by atoms with E-state index in [0.29, 0.717) is 17.0 Å². The summed E-state index contributed by atoms with van der Waals surface area (Å²) >= 11 is 5.97. The lowest BCUT2D eigenvalue weighted by Gasteiger charge is -2.36. The molecule has 2 atom stereocenters. The SMILES string of the molecule is O=C(NCc1ccc(Cl)cc1)c1ccccc1N1C(=O)C2Cc3c([nH]c4ccccc34)C(c3ccc(F)cc3)N2C1=O. The Balaban J connectivity index is 1.27. The zero-order valence-electron chi connectivity index (χ0n) is 22.2. The smallest absolute Gasteiger partial charge is 0.332 e. The molecule has 1 saturated heterocycles. The van der Waals surface area contributed by atoms with Crippen molar-refractivity contribution in [1.82, 2.24) is 15.2 Å². The summed E-state index contributed by atoms with van der Waals surface area (Å²) < 4.78 is 13.9. The van der Waals surface area contributed by atoms with Crippen molar-refractivity contribution in [2.75, 3.05) is 4.90 Å². The number of carbonyl (C=O) groups excluding carboxylic acids is 3. The van der Waals surface area contributed by atoms with Crippen molar-refractivity contribution in [3.8, 4) is 0 Å². The van der Waals surface area contributed by atoms with Crippen molar-refractivity contribution in [2.24, 2.45) is 0 Å². The van der Waals surface area contributed by atoms with E-state index in [1.807, 2.05) is 36.4 Å². The lowest BCUT2D eigenvalue weighted by molar-refractivity contribution is -0.120. The molecular weight excluding hydrogens is 555 g/mol. The van der Waals surface area contributed by atoms with E-state index >= 15 is 0 Å². The van der Waals surface area contributed by atoms with Gasteiger partial charge in [-0.1, -0.05) is 66.2 Å². The van der Waals surface area contributed by atoms with Gasteiger partial charge >= 0.3 is 6.03 Å². The van der Waals surface area contributed by atoms with E-state index in [4.69, 9.17) is 11.6 Å². The molecule has 2 N–H and O–H groups in total. The van der Waals surface area contributed by atoms with Crippen molar-refractivity contribution < 1.29 is 18.8 Å². The Kier molecular flexibility index (Phi) is 6.28. The number of rotatable bonds is 5. The molecular formula is C33H24ClFN4O3. The van der Waals surface area contributed by atoms with Gasteiger partial charge in [0.25, 0.3) is 11.8 Å². The van der Waals surface area contributed by atoms with E-state index in [1.54, 1.807) is 53.4 Å². The van der Waals surface area contributed by atoms with Crippen LogP contribution in [0.25, 0.3) is 10.9 Å². The van der Waals surface area contributed by atoms with Gasteiger partial charge in [0.2, 0.25) is 0 Å². The maximum Gasteiger partial charge on any atom is 0.332 e. The maximum absolute atomic E-state index is 14.2. The Hall–Kier alpha value is -4.95. The molecule has 42 heavy (non-hydrogen) atoms. The summed E-state index contributed by atoms with van der Waals surface area (Å²) in [5.41, 5.74) is 4.57. The van der Waals surface area contributed by atoms with E-state index < -0.39 is 35.7 Å². The minimum absolute atomic E-state index is 0.204. The highest BCUT2D eigenvalue weighted by atomic mass is 35.5. The average molecular weight is 579 g/mol. The van der Waals surface area contributed by atoms with Crippen LogP contribution in [0.5, 0.6) is 0 Å². The minimum atomic E-state index is -0.801. The second-order valence-electron chi connectivity index (χ2n) is 10.4. The number of fused-ring (bicyclic) bond motifs is 4. The molecule has 5 aromatic rings. The van der Waals surface area contributed by atoms with Gasteiger partial charge in [0.1, 0.15) is 17.9 Å². The Morgan fingerprint density at radius 3 is 2.43 bits per heavy atom. The molecule has 2 unspecified atom stereocenters. The average Bonchev–Trinajstić information content (AvgIpc) is 3.50. The number of nitrogens with one attached hydrogen (secondary N) is 2. The largest absolute Gasteiger partial charge is 0.356 e. The molecule has 0 radical (unpaired) electrons. The van der Waals surface area contributed by atoms with Crippen LogP contribution >= 0.6 is 11.6 Å². The molecule has 7 nitrogen and oxygen atoms in total. The van der Waals surface area contributed by atoms with Crippen LogP contribution in [0.3, 0.4) is 0 Å². The number of H-pyrrole nitrogens is 1. The lowest BCUT2D eigenvalue weighted by Crippen LogP contribution is -2.44. The first-order chi connectivity index (χ1) is 20.4. The number of benzene rings is 4. The molecule has 0 saturated carbocycles. The van der Waals surface area contributed by atoms with Crippen LogP contribution < -0.4 is 10.2 Å². The van der Waals surface area contributed by atoms with E-state index in [9.17, 15) is 18.8 Å². The van der Waals surface area contributed by atoms with Gasteiger partial charge in [0.05, 0.1) is 11.3 Å². The fourth-order valence-electron chi connectivity index (χ4n) is 6.03. The number of halogens is 2. The Morgan fingerprint density at radius 2 is 1.64 bits per heavy atom. The van der Waals surface area contributed by atoms with Crippen molar-refractivity contribution in [3.63, 3.8) is 0 Å². The maximum atomic E-state index is 14.2. The number of aromatic nitrogens is 1. The third-order valence-corrected chi connectivity index (χ3v) is 8.24. The second kappa shape index (κ2) is 10.2. The predicted molar refractivity (Wildman–Crippen MR) is 158 cm³/mol. The first kappa shape index (κ1) is 26.0. The van der Waals surface area contributed by atoms with Gasteiger partial charge in [-0.15, -0.1) is 0 Å². The first-order valence-corrected chi connectivity index (χ1v) is 13.9. The van der Waals surface area contributed by atoms with Crippen LogP contribution in [0, 0.1) is 5.82 Å². The molecule has 1 aromatic heterocycles. The number of imide groups is 1. The second-order valence-corrected chi connectivity index (χ2v) is 10.9. The molecule has 9 heteroatoms. The number of carbonyl (C=O) groups is 3. The van der Waals surface area contributed by atoms with Crippen LogP contribution in [0.15, 0.2) is 97.1 Å². The van der Waals surface area contributed by atoms with Gasteiger partial charge in [-0.3, -0.25) is 14.5 Å². The minimum Gasteiger partial charge on any atom is -0.356 e. The Labute approximate surface area is 245 Å². The number of urea groups is 1. The molecule has 4 amide bonds. The normalized spacial score (nSPS) is 17.9. The quantitative estimate of drug-likeness (QED) is 0.238. The zero-order valence-corrected chi connectivity index (χ0v) is 22.9. The van der Waals surface area contributed by atoms with Gasteiger partial charge in [-0.25, -0.2) is 14.1 Å². The number of aromatic amines is 1. The number of hydrogen-bond acceptors (Lipinski definition) is 3. The number of para-hydroxylation sites is 2. The summed E-state index contributed by atoms with van der Waals surface area (Å²) in [5, 5.41) is 4.44. The van der Waals surface area contributed by atoms with E-state index in [2.05, 4.69) is 10.3 Å². The Morgan fingerprint density at radius 1 is 0.929 bits per heavy atom. The molecule has 7 rings (SSSR count). The summed E-state index contributed by atoms with van der Waals surface area (Å²) in [6.07, 6.45) is 0.309. The summed E-state index contributed by atoms with van der Waals surface area (Å²) in [6.45, 7) is 0.245. The molecule has 2 aliphatic heterocycles. The molecule has 3 heterocycles. The molecule has 208 valence electrons. The van der Waals surface area contributed by atoms with Crippen molar-refractivity contribution in [3.05, 3.63) is 136 Å². The van der Waals surface area contributed by atoms with Gasteiger partial charge in [-0.05, 0) is 59.2 Å². The monoisotopic (exact) mass is 578 g/mol. The summed E-state index contributed by atoms with van der Waals surface area (Å²) in [6, 6.07) is 25.5. The van der Waals surface area contributed by atoms with Gasteiger partial charge in [-0.2, -0.15) is 0 Å². The van der Waals surface area contributed by atoms with E-state index in [-0.39, 0.29) is 17.8 Å². The summed E-state index contributed by atoms with van der Waals surface area (Å²) in [4.78, 5) is 47.8. The molecule has 0 aliphatic carbocycles. The topological polar surface area (TPSA) is 85.5 Å². The fourth-order valence-corrected chi connectivity index (χ4v) is 6.15. The van der Waals surface area contributed by atoms with E-state index in [1.165, 1.54) is 12.1 Å². The van der Waals surface area contributed by atoms with Gasteiger partial charge in [0.15, 0.2) is 0 Å². The van der Waals surface area contributed by atoms with E-state index in [0.717, 1.165) is 32.6 Å². The summed E-state index contributed by atoms with van der Waals surface area (Å²) in [7, 11) is 0. The first-order valence-electron chi connectivity index (χ1n) is 13.5. The third kappa shape index (κ3) is 4.23. The van der Waals surface area contributed by atoms with Crippen molar-refractivity contribution >= 4 is 46.0 Å². The summed E-state index contributed by atoms with van der Waals surface area (Å²) in [5.74, 6) is -1.23. The molecule has 4 aromatic carbocycles. The fraction of sp³-hybridized carbons (Fsp3) is 0.121. The van der Waals surface area contributed by atoms with Crippen molar-refractivity contribution in [2.45, 2.75) is 25.0 Å². The molecule has 0 spiro atoms. The van der Waals surface area contributed by atoms with Gasteiger partial charge in [0, 0.05) is 34.6 Å². The Bertz CT molecular complexity index is 1870. The number of nitrogens with zero attached hydrogens (tertiary/aromatic N) is 2. The van der Waals surface area contributed by atoms with Crippen LogP contribution in [-0.2, 0) is 17.8 Å². The standard InChI is InChI=1S/C33H24ClFN4O3/c34-21-13-9-19(10-14-21)18-36-31(40)24-6-2-4-8-27(24)39-32(41)28-17-25-23-5-1-3-7-26(23)37-29(25)30(38(28)33(39)42)20-11-15-22(35)16-12-20/h1-16,28,30,37H,17-18H2,(H,36,40). The lowest BCUT2D eigenvalue weighted by atomic mass is 9.89. The van der Waals surface area contributed by atoms with Crippen LogP contribution in [0.4, 0.5) is 14.9 Å². The number of hydrogen-bond donors (Lipinski definition) is 2. The molecule has 2 aliphatic rings. The van der Waals surface area contributed by atoms with Crippen molar-refractivity contribution in [1.29, 1.82) is 0 Å². The van der Waals surface area contributed by atoms with Crippen LogP contribution in [0.1, 0.15) is 38.8 Å². The third-order valence-electron chi connectivity index (χ3n) is 7.99. The number of amides is 4. The number of anilines is 1. The highest BCUT2D eigenvalue weighted by Gasteiger charge is 2.53. The van der Waals surface area contributed by atoms with Crippen LogP contribution in [-0.4, -0.2) is 33.8 Å². The highest BCUT2D eigenvalue weighted by Crippen LogP contribution is 2.45. The van der Waals surface area contributed by atoms with Gasteiger partial charge < -0.3 is 10.3 Å². The molecule has 0 bridgehead atoms. The molecule has 1 fully saturated rings. The predicted octanol–water partition coefficient (Wildman–Crippen LogP) is 6.37. The van der Waals surface area contributed by atoms with Crippen LogP contribution in [0.2, 0.25) is 5.02 Å². The zero-order chi connectivity index (χ0) is 29.0. The highest BCUT2D eigenvalue weighted by molar-refractivity contribution is 6.30.